The Morgan fingerprint density at radius 2 is 1.81 bits per heavy atom. The molecule has 0 saturated heterocycles. The molecule has 0 aromatic heterocycles. The lowest BCUT2D eigenvalue weighted by atomic mass is 10.1. The van der Waals surface area contributed by atoms with Gasteiger partial charge in [0.2, 0.25) is 6.79 Å². The van der Waals surface area contributed by atoms with Crippen molar-refractivity contribution in [2.75, 3.05) is 6.79 Å². The number of hydrogen-bond donors (Lipinski definition) is 2. The minimum Gasteiger partial charge on any atom is -0.480 e. The number of hydrogen-bond acceptors (Lipinski definition) is 6. The van der Waals surface area contributed by atoms with Crippen LogP contribution >= 0.6 is 0 Å². The molecular weight excluding hydrogens is 358 g/mol. The molecule has 1 saturated carbocycles. The van der Waals surface area contributed by atoms with E-state index in [2.05, 4.69) is 0 Å². The highest BCUT2D eigenvalue weighted by atomic mass is 32.2. The topological polar surface area (TPSA) is 116 Å². The number of aliphatic carboxylic acids is 1. The summed E-state index contributed by atoms with van der Waals surface area (Å²) in [5.41, 5.74) is 5.57. The van der Waals surface area contributed by atoms with Crippen molar-refractivity contribution >= 4 is 15.8 Å². The molecule has 1 fully saturated rings. The maximum atomic E-state index is 13.0. The third-order valence-corrected chi connectivity index (χ3v) is 7.25. The van der Waals surface area contributed by atoms with Crippen LogP contribution in [0.1, 0.15) is 17.0 Å². The summed E-state index contributed by atoms with van der Waals surface area (Å²) in [6.07, 6.45) is 0. The zero-order valence-electron chi connectivity index (χ0n) is 13.9. The smallest absolute Gasteiger partial charge is 0.325 e. The predicted octanol–water partition coefficient (Wildman–Crippen LogP) is 1.45. The summed E-state index contributed by atoms with van der Waals surface area (Å²) in [7, 11) is -3.92. The van der Waals surface area contributed by atoms with Crippen molar-refractivity contribution in [1.82, 2.24) is 0 Å². The molecule has 8 heteroatoms. The van der Waals surface area contributed by atoms with Gasteiger partial charge in [-0.3, -0.25) is 4.79 Å². The number of carboxylic acid groups (broad SMARTS) is 1. The first-order chi connectivity index (χ1) is 12.3. The molecular formula is C18H17NO6S. The Labute approximate surface area is 150 Å². The van der Waals surface area contributed by atoms with Crippen LogP contribution in [0.4, 0.5) is 0 Å². The molecule has 0 radical (unpaired) electrons. The summed E-state index contributed by atoms with van der Waals surface area (Å²) >= 11 is 0. The van der Waals surface area contributed by atoms with Crippen LogP contribution in [-0.2, 0) is 14.6 Å². The Morgan fingerprint density at radius 3 is 2.46 bits per heavy atom. The molecule has 1 heterocycles. The number of sulfone groups is 1. The molecule has 2 aliphatic rings. The van der Waals surface area contributed by atoms with Crippen LogP contribution < -0.4 is 15.2 Å². The standard InChI is InChI=1S/C18H17NO6S/c1-10-2-5-12(6-3-10)26(22,23)16-15(18(16,19)17(20)21)11-4-7-13-14(8-11)25-9-24-13/h2-8,15-16H,9,19H2,1H3,(H,20,21)/t15-,16-,18-/m0/s1. The van der Waals surface area contributed by atoms with Crippen molar-refractivity contribution in [3.8, 4) is 11.5 Å². The summed E-state index contributed by atoms with van der Waals surface area (Å²) in [5, 5.41) is 8.36. The Kier molecular flexibility index (Phi) is 3.54. The first-order valence-corrected chi connectivity index (χ1v) is 9.53. The van der Waals surface area contributed by atoms with Gasteiger partial charge in [-0.15, -0.1) is 0 Å². The van der Waals surface area contributed by atoms with Gasteiger partial charge in [-0.1, -0.05) is 23.8 Å². The molecule has 1 aliphatic heterocycles. The van der Waals surface area contributed by atoms with Crippen LogP contribution in [0.15, 0.2) is 47.4 Å². The third kappa shape index (κ3) is 2.29. The number of aryl methyl sites for hydroxylation is 1. The van der Waals surface area contributed by atoms with Gasteiger partial charge in [0, 0.05) is 5.92 Å². The fourth-order valence-corrected chi connectivity index (χ4v) is 5.73. The summed E-state index contributed by atoms with van der Waals surface area (Å²) in [4.78, 5) is 11.9. The van der Waals surface area contributed by atoms with Gasteiger partial charge in [0.15, 0.2) is 21.3 Å². The molecule has 2 aromatic carbocycles. The first kappa shape index (κ1) is 16.9. The molecule has 136 valence electrons. The molecule has 3 atom stereocenters. The summed E-state index contributed by atoms with van der Waals surface area (Å²) < 4.78 is 36.6. The van der Waals surface area contributed by atoms with Gasteiger partial charge in [0.1, 0.15) is 10.8 Å². The first-order valence-electron chi connectivity index (χ1n) is 7.98. The Balaban J connectivity index is 1.77. The van der Waals surface area contributed by atoms with Crippen molar-refractivity contribution in [3.05, 3.63) is 53.6 Å². The number of carbonyl (C=O) groups is 1. The average Bonchev–Trinajstić information content (AvgIpc) is 3.01. The second-order valence-corrected chi connectivity index (χ2v) is 8.68. The van der Waals surface area contributed by atoms with Gasteiger partial charge >= 0.3 is 5.97 Å². The Hall–Kier alpha value is -2.58. The van der Waals surface area contributed by atoms with E-state index >= 15 is 0 Å². The van der Waals surface area contributed by atoms with E-state index < -0.39 is 32.5 Å². The van der Waals surface area contributed by atoms with Crippen molar-refractivity contribution < 1.29 is 27.8 Å². The van der Waals surface area contributed by atoms with Crippen LogP contribution in [0.5, 0.6) is 11.5 Å². The molecule has 0 bridgehead atoms. The lowest BCUT2D eigenvalue weighted by Crippen LogP contribution is -2.39. The van der Waals surface area contributed by atoms with E-state index in [0.717, 1.165) is 5.56 Å². The minimum atomic E-state index is -3.92. The second-order valence-electron chi connectivity index (χ2n) is 6.61. The number of benzene rings is 2. The van der Waals surface area contributed by atoms with Crippen molar-refractivity contribution in [3.63, 3.8) is 0 Å². The maximum absolute atomic E-state index is 13.0. The Bertz CT molecular complexity index is 1000. The third-order valence-electron chi connectivity index (χ3n) is 4.99. The second kappa shape index (κ2) is 5.46. The summed E-state index contributed by atoms with van der Waals surface area (Å²) in [5.74, 6) is -1.24. The van der Waals surface area contributed by atoms with E-state index in [4.69, 9.17) is 15.2 Å². The highest BCUT2D eigenvalue weighted by Gasteiger charge is 2.74. The zero-order chi connectivity index (χ0) is 18.7. The molecule has 7 nitrogen and oxygen atoms in total. The molecule has 0 amide bonds. The fraction of sp³-hybridized carbons (Fsp3) is 0.278. The normalized spacial score (nSPS) is 26.5. The summed E-state index contributed by atoms with van der Waals surface area (Å²) in [6, 6.07) is 11.2. The molecule has 4 rings (SSSR count). The van der Waals surface area contributed by atoms with Gasteiger partial charge in [0.05, 0.1) is 4.90 Å². The minimum absolute atomic E-state index is 0.0624. The van der Waals surface area contributed by atoms with E-state index in [9.17, 15) is 18.3 Å². The van der Waals surface area contributed by atoms with E-state index in [-0.39, 0.29) is 11.7 Å². The lowest BCUT2D eigenvalue weighted by Gasteiger charge is -2.07. The number of fused-ring (bicyclic) bond motifs is 1. The fourth-order valence-electron chi connectivity index (χ4n) is 3.50. The van der Waals surface area contributed by atoms with Gasteiger partial charge < -0.3 is 20.3 Å². The maximum Gasteiger partial charge on any atom is 0.325 e. The van der Waals surface area contributed by atoms with Gasteiger partial charge in [0.25, 0.3) is 0 Å². The average molecular weight is 375 g/mol. The number of carboxylic acids is 1. The highest BCUT2D eigenvalue weighted by molar-refractivity contribution is 7.92. The van der Waals surface area contributed by atoms with Crippen LogP contribution in [-0.4, -0.2) is 37.1 Å². The van der Waals surface area contributed by atoms with Gasteiger partial charge in [-0.25, -0.2) is 8.42 Å². The number of nitrogens with two attached hydrogens (primary N) is 1. The van der Waals surface area contributed by atoms with E-state index in [1.54, 1.807) is 30.3 Å². The highest BCUT2D eigenvalue weighted by Crippen LogP contribution is 2.56. The summed E-state index contributed by atoms with van der Waals surface area (Å²) in [6.45, 7) is 1.91. The van der Waals surface area contributed by atoms with E-state index in [1.807, 2.05) is 6.92 Å². The van der Waals surface area contributed by atoms with Crippen molar-refractivity contribution in [2.45, 2.75) is 28.5 Å². The van der Waals surface area contributed by atoms with Gasteiger partial charge in [-0.2, -0.15) is 0 Å². The number of ether oxygens (including phenoxy) is 2. The molecule has 2 aromatic rings. The molecule has 26 heavy (non-hydrogen) atoms. The van der Waals surface area contributed by atoms with Crippen LogP contribution in [0.3, 0.4) is 0 Å². The molecule has 0 unspecified atom stereocenters. The SMILES string of the molecule is Cc1ccc(S(=O)(=O)[C@H]2[C@H](c3ccc4c(c3)OCO4)[C@@]2(N)C(=O)O)cc1. The van der Waals surface area contributed by atoms with Crippen LogP contribution in [0, 0.1) is 6.92 Å². The largest absolute Gasteiger partial charge is 0.480 e. The molecule has 1 aliphatic carbocycles. The van der Waals surface area contributed by atoms with Crippen LogP contribution in [0.2, 0.25) is 0 Å². The van der Waals surface area contributed by atoms with Gasteiger partial charge in [-0.05, 0) is 36.8 Å². The van der Waals surface area contributed by atoms with E-state index in [1.165, 1.54) is 12.1 Å². The lowest BCUT2D eigenvalue weighted by molar-refractivity contribution is -0.139. The van der Waals surface area contributed by atoms with Crippen LogP contribution in [0.25, 0.3) is 0 Å². The number of rotatable bonds is 4. The molecule has 3 N–H and O–H groups in total. The van der Waals surface area contributed by atoms with Crippen molar-refractivity contribution in [2.24, 2.45) is 5.73 Å². The van der Waals surface area contributed by atoms with E-state index in [0.29, 0.717) is 17.1 Å². The predicted molar refractivity (Wildman–Crippen MR) is 92.0 cm³/mol. The zero-order valence-corrected chi connectivity index (χ0v) is 14.7. The quantitative estimate of drug-likeness (QED) is 0.831. The van der Waals surface area contributed by atoms with Crippen molar-refractivity contribution in [1.29, 1.82) is 0 Å². The monoisotopic (exact) mass is 375 g/mol. The molecule has 0 spiro atoms. The Morgan fingerprint density at radius 1 is 1.15 bits per heavy atom.